The molecule has 1 aliphatic rings. The zero-order valence-corrected chi connectivity index (χ0v) is 19.4. The van der Waals surface area contributed by atoms with Crippen LogP contribution < -0.4 is 16.0 Å². The van der Waals surface area contributed by atoms with E-state index in [0.717, 1.165) is 48.1 Å². The molecule has 0 aromatic heterocycles. The SMILES string of the molecule is CN(CCCC(=O)Nc1ccc(N2CCC(C(N)=O)CC2)cc1)S(=O)(=O)c1ccc(F)cc1. The van der Waals surface area contributed by atoms with Crippen LogP contribution in [0.15, 0.2) is 53.4 Å². The highest BCUT2D eigenvalue weighted by atomic mass is 32.2. The Balaban J connectivity index is 1.44. The van der Waals surface area contributed by atoms with Crippen LogP contribution in [0, 0.1) is 11.7 Å². The Bertz CT molecular complexity index is 1070. The zero-order valence-electron chi connectivity index (χ0n) is 18.5. The lowest BCUT2D eigenvalue weighted by Crippen LogP contribution is -2.38. The number of primary amides is 1. The van der Waals surface area contributed by atoms with E-state index in [2.05, 4.69) is 10.2 Å². The van der Waals surface area contributed by atoms with E-state index in [1.165, 1.54) is 19.2 Å². The summed E-state index contributed by atoms with van der Waals surface area (Å²) in [6, 6.07) is 12.1. The molecule has 1 saturated heterocycles. The Morgan fingerprint density at radius 3 is 2.27 bits per heavy atom. The highest BCUT2D eigenvalue weighted by molar-refractivity contribution is 7.89. The molecular formula is C23H29FN4O4S. The highest BCUT2D eigenvalue weighted by Gasteiger charge is 2.23. The van der Waals surface area contributed by atoms with Crippen molar-refractivity contribution in [3.05, 3.63) is 54.3 Å². The fraction of sp³-hybridized carbons (Fsp3) is 0.391. The summed E-state index contributed by atoms with van der Waals surface area (Å²) < 4.78 is 39.2. The molecule has 10 heteroatoms. The van der Waals surface area contributed by atoms with Crippen molar-refractivity contribution in [2.24, 2.45) is 11.7 Å². The average Bonchev–Trinajstić information content (AvgIpc) is 2.80. The quantitative estimate of drug-likeness (QED) is 0.578. The number of nitrogens with zero attached hydrogens (tertiary/aromatic N) is 2. The molecule has 0 spiro atoms. The second kappa shape index (κ2) is 10.8. The number of hydrogen-bond donors (Lipinski definition) is 2. The van der Waals surface area contributed by atoms with Crippen molar-refractivity contribution in [1.29, 1.82) is 0 Å². The number of sulfonamides is 1. The Hall–Kier alpha value is -2.98. The van der Waals surface area contributed by atoms with Crippen LogP contribution in [0.3, 0.4) is 0 Å². The Morgan fingerprint density at radius 2 is 1.70 bits per heavy atom. The summed E-state index contributed by atoms with van der Waals surface area (Å²) in [6.07, 6.45) is 1.97. The molecule has 1 fully saturated rings. The molecule has 8 nitrogen and oxygen atoms in total. The van der Waals surface area contributed by atoms with Gasteiger partial charge in [-0.15, -0.1) is 0 Å². The van der Waals surface area contributed by atoms with E-state index in [1.54, 1.807) is 0 Å². The molecular weight excluding hydrogens is 447 g/mol. The number of halogens is 1. The molecule has 2 aromatic rings. The first-order valence-corrected chi connectivity index (χ1v) is 12.3. The van der Waals surface area contributed by atoms with Gasteiger partial charge in [0.1, 0.15) is 5.82 Å². The summed E-state index contributed by atoms with van der Waals surface area (Å²) in [5.74, 6) is -1.02. The van der Waals surface area contributed by atoms with E-state index in [9.17, 15) is 22.4 Å². The molecule has 1 heterocycles. The second-order valence-electron chi connectivity index (χ2n) is 8.14. The van der Waals surface area contributed by atoms with Gasteiger partial charge in [-0.3, -0.25) is 9.59 Å². The van der Waals surface area contributed by atoms with Gasteiger partial charge in [0.15, 0.2) is 0 Å². The molecule has 0 atom stereocenters. The number of carbonyl (C=O) groups excluding carboxylic acids is 2. The molecule has 33 heavy (non-hydrogen) atoms. The van der Waals surface area contributed by atoms with Crippen molar-refractivity contribution in [2.45, 2.75) is 30.6 Å². The van der Waals surface area contributed by atoms with Gasteiger partial charge in [0.2, 0.25) is 21.8 Å². The van der Waals surface area contributed by atoms with Gasteiger partial charge < -0.3 is 16.0 Å². The van der Waals surface area contributed by atoms with E-state index < -0.39 is 15.8 Å². The monoisotopic (exact) mass is 476 g/mol. The molecule has 0 saturated carbocycles. The molecule has 3 N–H and O–H groups in total. The van der Waals surface area contributed by atoms with Gasteiger partial charge >= 0.3 is 0 Å². The lowest BCUT2D eigenvalue weighted by molar-refractivity contribution is -0.122. The fourth-order valence-electron chi connectivity index (χ4n) is 3.77. The van der Waals surface area contributed by atoms with Crippen molar-refractivity contribution in [3.63, 3.8) is 0 Å². The number of piperidine rings is 1. The van der Waals surface area contributed by atoms with Crippen LogP contribution in [0.5, 0.6) is 0 Å². The third kappa shape index (κ3) is 6.52. The number of rotatable bonds is 9. The van der Waals surface area contributed by atoms with E-state index in [-0.39, 0.29) is 35.6 Å². The van der Waals surface area contributed by atoms with Gasteiger partial charge in [0.05, 0.1) is 4.90 Å². The summed E-state index contributed by atoms with van der Waals surface area (Å²) in [6.45, 7) is 1.68. The minimum atomic E-state index is -3.73. The van der Waals surface area contributed by atoms with Crippen LogP contribution >= 0.6 is 0 Å². The first-order valence-electron chi connectivity index (χ1n) is 10.8. The Labute approximate surface area is 193 Å². The van der Waals surface area contributed by atoms with Gasteiger partial charge in [0, 0.05) is 50.4 Å². The molecule has 3 rings (SSSR count). The summed E-state index contributed by atoms with van der Waals surface area (Å²) in [5.41, 5.74) is 7.05. The van der Waals surface area contributed by atoms with Crippen LogP contribution in [-0.4, -0.2) is 51.2 Å². The number of benzene rings is 2. The average molecular weight is 477 g/mol. The van der Waals surface area contributed by atoms with Crippen LogP contribution in [0.1, 0.15) is 25.7 Å². The first kappa shape index (κ1) is 24.7. The van der Waals surface area contributed by atoms with Crippen LogP contribution in [-0.2, 0) is 19.6 Å². The van der Waals surface area contributed by atoms with Gasteiger partial charge in [0.25, 0.3) is 0 Å². The number of nitrogens with one attached hydrogen (secondary N) is 1. The summed E-state index contributed by atoms with van der Waals surface area (Å²) in [7, 11) is -2.30. The normalized spacial score (nSPS) is 14.9. The van der Waals surface area contributed by atoms with Crippen molar-refractivity contribution >= 4 is 33.2 Å². The molecule has 0 bridgehead atoms. The minimum Gasteiger partial charge on any atom is -0.371 e. The predicted octanol–water partition coefficient (Wildman–Crippen LogP) is 2.57. The van der Waals surface area contributed by atoms with E-state index >= 15 is 0 Å². The number of carbonyl (C=O) groups is 2. The predicted molar refractivity (Wildman–Crippen MR) is 125 cm³/mol. The number of amides is 2. The van der Waals surface area contributed by atoms with Crippen molar-refractivity contribution < 1.29 is 22.4 Å². The van der Waals surface area contributed by atoms with E-state index in [0.29, 0.717) is 12.1 Å². The van der Waals surface area contributed by atoms with Crippen molar-refractivity contribution in [2.75, 3.05) is 36.9 Å². The molecule has 0 radical (unpaired) electrons. The summed E-state index contributed by atoms with van der Waals surface area (Å²) >= 11 is 0. The molecule has 2 amide bonds. The number of hydrogen-bond acceptors (Lipinski definition) is 5. The molecule has 0 unspecified atom stereocenters. The third-order valence-electron chi connectivity index (χ3n) is 5.81. The smallest absolute Gasteiger partial charge is 0.242 e. The van der Waals surface area contributed by atoms with E-state index in [1.807, 2.05) is 24.3 Å². The number of nitrogens with two attached hydrogens (primary N) is 1. The van der Waals surface area contributed by atoms with Gasteiger partial charge in [-0.25, -0.2) is 17.1 Å². The lowest BCUT2D eigenvalue weighted by atomic mass is 9.96. The van der Waals surface area contributed by atoms with Gasteiger partial charge in [-0.1, -0.05) is 0 Å². The maximum Gasteiger partial charge on any atom is 0.242 e. The molecule has 0 aliphatic carbocycles. The lowest BCUT2D eigenvalue weighted by Gasteiger charge is -2.32. The Kier molecular flexibility index (Phi) is 8.04. The molecule has 2 aromatic carbocycles. The summed E-state index contributed by atoms with van der Waals surface area (Å²) in [4.78, 5) is 25.8. The standard InChI is InChI=1S/C23H29FN4O4S/c1-27(33(31,32)21-10-4-18(24)5-11-21)14-2-3-22(29)26-19-6-8-20(9-7-19)28-15-12-17(13-16-28)23(25)30/h4-11,17H,2-3,12-16H2,1H3,(H2,25,30)(H,26,29). The van der Waals surface area contributed by atoms with Gasteiger partial charge in [-0.2, -0.15) is 0 Å². The first-order chi connectivity index (χ1) is 15.7. The maximum atomic E-state index is 13.0. The number of anilines is 2. The van der Waals surface area contributed by atoms with Crippen LogP contribution in [0.4, 0.5) is 15.8 Å². The molecule has 178 valence electrons. The largest absolute Gasteiger partial charge is 0.371 e. The Morgan fingerprint density at radius 1 is 1.09 bits per heavy atom. The maximum absolute atomic E-state index is 13.0. The minimum absolute atomic E-state index is 0.00907. The topological polar surface area (TPSA) is 113 Å². The van der Waals surface area contributed by atoms with Crippen molar-refractivity contribution in [3.8, 4) is 0 Å². The third-order valence-corrected chi connectivity index (χ3v) is 7.68. The fourth-order valence-corrected chi connectivity index (χ4v) is 4.98. The summed E-state index contributed by atoms with van der Waals surface area (Å²) in [5, 5.41) is 2.82. The van der Waals surface area contributed by atoms with Crippen LogP contribution in [0.25, 0.3) is 0 Å². The van der Waals surface area contributed by atoms with Crippen LogP contribution in [0.2, 0.25) is 0 Å². The van der Waals surface area contributed by atoms with Crippen molar-refractivity contribution in [1.82, 2.24) is 4.31 Å². The molecule has 1 aliphatic heterocycles. The highest BCUT2D eigenvalue weighted by Crippen LogP contribution is 2.24. The van der Waals surface area contributed by atoms with Gasteiger partial charge in [-0.05, 0) is 67.8 Å². The second-order valence-corrected chi connectivity index (χ2v) is 10.2. The zero-order chi connectivity index (χ0) is 24.0. The van der Waals surface area contributed by atoms with E-state index in [4.69, 9.17) is 5.73 Å².